The minimum absolute atomic E-state index is 0.103. The highest BCUT2D eigenvalue weighted by Gasteiger charge is 2.13. The van der Waals surface area contributed by atoms with Crippen molar-refractivity contribution in [3.05, 3.63) is 58.6 Å². The lowest BCUT2D eigenvalue weighted by atomic mass is 10.0. The largest absolute Gasteiger partial charge is 0.376 e. The first-order valence-corrected chi connectivity index (χ1v) is 7.62. The highest BCUT2D eigenvalue weighted by atomic mass is 35.5. The molecule has 2 nitrogen and oxygen atoms in total. The molecule has 0 amide bonds. The quantitative estimate of drug-likeness (QED) is 0.710. The number of halogens is 2. The van der Waals surface area contributed by atoms with E-state index >= 15 is 0 Å². The predicted octanol–water partition coefficient (Wildman–Crippen LogP) is 5.53. The fourth-order valence-electron chi connectivity index (χ4n) is 2.27. The molecule has 0 aliphatic rings. The van der Waals surface area contributed by atoms with E-state index in [0.29, 0.717) is 5.15 Å². The van der Waals surface area contributed by atoms with Gasteiger partial charge in [-0.15, -0.1) is 0 Å². The highest BCUT2D eigenvalue weighted by molar-refractivity contribution is 6.31. The van der Waals surface area contributed by atoms with E-state index < -0.39 is 0 Å². The number of benzene rings is 1. The number of aryl methyl sites for hydroxylation is 1. The highest BCUT2D eigenvalue weighted by Crippen LogP contribution is 2.28. The average Bonchev–Trinajstić information content (AvgIpc) is 2.48. The molecule has 1 aromatic heterocycles. The van der Waals surface area contributed by atoms with Crippen LogP contribution >= 0.6 is 11.6 Å². The summed E-state index contributed by atoms with van der Waals surface area (Å²) in [5.74, 6) is -0.219. The standard InChI is InChI=1S/C17H20ClFN2/c1-3-4-5-15(13-6-8-14(19)9-7-13)21-16-10-12(2)11-20-17(16)18/h6-11,15,21H,3-5H2,1-2H3. The maximum atomic E-state index is 13.1. The Morgan fingerprint density at radius 1 is 1.29 bits per heavy atom. The molecule has 1 heterocycles. The molecule has 0 radical (unpaired) electrons. The van der Waals surface area contributed by atoms with Crippen molar-refractivity contribution in [1.82, 2.24) is 4.98 Å². The number of hydrogen-bond acceptors (Lipinski definition) is 2. The Kier molecular flexibility index (Phi) is 5.57. The van der Waals surface area contributed by atoms with Crippen LogP contribution in [0.15, 0.2) is 36.5 Å². The summed E-state index contributed by atoms with van der Waals surface area (Å²) in [7, 11) is 0. The van der Waals surface area contributed by atoms with Crippen LogP contribution < -0.4 is 5.32 Å². The van der Waals surface area contributed by atoms with Gasteiger partial charge in [0.1, 0.15) is 5.82 Å². The maximum Gasteiger partial charge on any atom is 0.152 e. The van der Waals surface area contributed by atoms with Crippen LogP contribution in [-0.2, 0) is 0 Å². The van der Waals surface area contributed by atoms with Gasteiger partial charge in [-0.05, 0) is 42.7 Å². The lowest BCUT2D eigenvalue weighted by molar-refractivity contribution is 0.616. The molecular formula is C17H20ClFN2. The fourth-order valence-corrected chi connectivity index (χ4v) is 2.42. The van der Waals surface area contributed by atoms with E-state index in [1.807, 2.05) is 25.1 Å². The third-order valence-electron chi connectivity index (χ3n) is 3.42. The number of pyridine rings is 1. The van der Waals surface area contributed by atoms with E-state index in [1.54, 1.807) is 6.20 Å². The van der Waals surface area contributed by atoms with Gasteiger partial charge in [-0.25, -0.2) is 9.37 Å². The van der Waals surface area contributed by atoms with Crippen molar-refractivity contribution in [1.29, 1.82) is 0 Å². The van der Waals surface area contributed by atoms with Gasteiger partial charge in [0, 0.05) is 6.20 Å². The van der Waals surface area contributed by atoms with Crippen LogP contribution in [0, 0.1) is 12.7 Å². The van der Waals surface area contributed by atoms with Crippen LogP contribution in [0.1, 0.15) is 43.4 Å². The second-order valence-corrected chi connectivity index (χ2v) is 5.60. The average molecular weight is 307 g/mol. The van der Waals surface area contributed by atoms with Gasteiger partial charge in [-0.2, -0.15) is 0 Å². The third-order valence-corrected chi connectivity index (χ3v) is 3.73. The lowest BCUT2D eigenvalue weighted by Gasteiger charge is -2.21. The number of unbranched alkanes of at least 4 members (excludes halogenated alkanes) is 1. The van der Waals surface area contributed by atoms with Gasteiger partial charge in [0.25, 0.3) is 0 Å². The summed E-state index contributed by atoms with van der Waals surface area (Å²) in [6.45, 7) is 4.14. The minimum Gasteiger partial charge on any atom is -0.376 e. The van der Waals surface area contributed by atoms with E-state index in [4.69, 9.17) is 11.6 Å². The van der Waals surface area contributed by atoms with Crippen molar-refractivity contribution < 1.29 is 4.39 Å². The monoisotopic (exact) mass is 306 g/mol. The van der Waals surface area contributed by atoms with E-state index in [9.17, 15) is 4.39 Å². The van der Waals surface area contributed by atoms with Gasteiger partial charge in [0.2, 0.25) is 0 Å². The van der Waals surface area contributed by atoms with Crippen LogP contribution in [0.4, 0.5) is 10.1 Å². The molecular weight excluding hydrogens is 287 g/mol. The smallest absolute Gasteiger partial charge is 0.152 e. The Morgan fingerprint density at radius 3 is 2.67 bits per heavy atom. The summed E-state index contributed by atoms with van der Waals surface area (Å²) < 4.78 is 13.1. The van der Waals surface area contributed by atoms with Crippen LogP contribution in [0.5, 0.6) is 0 Å². The lowest BCUT2D eigenvalue weighted by Crippen LogP contribution is -2.11. The molecule has 21 heavy (non-hydrogen) atoms. The molecule has 2 aromatic rings. The summed E-state index contributed by atoms with van der Waals surface area (Å²) in [4.78, 5) is 4.16. The van der Waals surface area contributed by atoms with E-state index in [0.717, 1.165) is 36.1 Å². The SMILES string of the molecule is CCCCC(Nc1cc(C)cnc1Cl)c1ccc(F)cc1. The summed E-state index contributed by atoms with van der Waals surface area (Å²) >= 11 is 6.15. The maximum absolute atomic E-state index is 13.1. The number of nitrogens with zero attached hydrogens (tertiary/aromatic N) is 1. The summed E-state index contributed by atoms with van der Waals surface area (Å²) in [6.07, 6.45) is 4.91. The second kappa shape index (κ2) is 7.41. The fraction of sp³-hybridized carbons (Fsp3) is 0.353. The van der Waals surface area contributed by atoms with Crippen molar-refractivity contribution in [2.45, 2.75) is 39.2 Å². The van der Waals surface area contributed by atoms with E-state index in [-0.39, 0.29) is 11.9 Å². The molecule has 1 N–H and O–H groups in total. The molecule has 0 aliphatic heterocycles. The molecule has 0 saturated carbocycles. The van der Waals surface area contributed by atoms with Crippen molar-refractivity contribution in [2.75, 3.05) is 5.32 Å². The zero-order chi connectivity index (χ0) is 15.2. The van der Waals surface area contributed by atoms with Gasteiger partial charge >= 0.3 is 0 Å². The minimum atomic E-state index is -0.219. The van der Waals surface area contributed by atoms with Gasteiger partial charge in [-0.3, -0.25) is 0 Å². The van der Waals surface area contributed by atoms with Crippen LogP contribution in [0.2, 0.25) is 5.15 Å². The summed E-state index contributed by atoms with van der Waals surface area (Å²) in [5.41, 5.74) is 2.93. The van der Waals surface area contributed by atoms with Crippen molar-refractivity contribution in [2.24, 2.45) is 0 Å². The molecule has 1 aromatic carbocycles. The molecule has 0 saturated heterocycles. The predicted molar refractivity (Wildman–Crippen MR) is 86.3 cm³/mol. The van der Waals surface area contributed by atoms with Gasteiger partial charge in [0.05, 0.1) is 11.7 Å². The molecule has 4 heteroatoms. The Morgan fingerprint density at radius 2 is 2.00 bits per heavy atom. The topological polar surface area (TPSA) is 24.9 Å². The van der Waals surface area contributed by atoms with Gasteiger partial charge in [0.15, 0.2) is 5.15 Å². The first kappa shape index (κ1) is 15.8. The molecule has 1 unspecified atom stereocenters. The zero-order valence-corrected chi connectivity index (χ0v) is 13.1. The Bertz CT molecular complexity index is 584. The van der Waals surface area contributed by atoms with Crippen molar-refractivity contribution in [3.8, 4) is 0 Å². The first-order valence-electron chi connectivity index (χ1n) is 7.24. The first-order chi connectivity index (χ1) is 10.1. The third kappa shape index (κ3) is 4.43. The molecule has 0 bridgehead atoms. The van der Waals surface area contributed by atoms with Crippen LogP contribution in [-0.4, -0.2) is 4.98 Å². The van der Waals surface area contributed by atoms with Gasteiger partial charge in [-0.1, -0.05) is 43.5 Å². The second-order valence-electron chi connectivity index (χ2n) is 5.24. The molecule has 0 aliphatic carbocycles. The van der Waals surface area contributed by atoms with Crippen LogP contribution in [0.3, 0.4) is 0 Å². The number of rotatable bonds is 6. The van der Waals surface area contributed by atoms with Crippen molar-refractivity contribution >= 4 is 17.3 Å². The molecule has 0 spiro atoms. The van der Waals surface area contributed by atoms with E-state index in [1.165, 1.54) is 12.1 Å². The Labute approximate surface area is 130 Å². The summed E-state index contributed by atoms with van der Waals surface area (Å²) in [5, 5.41) is 3.90. The molecule has 2 rings (SSSR count). The summed E-state index contributed by atoms with van der Waals surface area (Å²) in [6, 6.07) is 8.71. The molecule has 1 atom stereocenters. The zero-order valence-electron chi connectivity index (χ0n) is 12.4. The molecule has 112 valence electrons. The number of hydrogen-bond donors (Lipinski definition) is 1. The Hall–Kier alpha value is -1.61. The van der Waals surface area contributed by atoms with Gasteiger partial charge < -0.3 is 5.32 Å². The van der Waals surface area contributed by atoms with E-state index in [2.05, 4.69) is 17.2 Å². The normalized spacial score (nSPS) is 12.2. The number of anilines is 1. The Balaban J connectivity index is 2.23. The van der Waals surface area contributed by atoms with Crippen molar-refractivity contribution in [3.63, 3.8) is 0 Å². The number of nitrogens with one attached hydrogen (secondary N) is 1. The molecule has 0 fully saturated rings. The van der Waals surface area contributed by atoms with Crippen LogP contribution in [0.25, 0.3) is 0 Å². The number of aromatic nitrogens is 1.